The maximum absolute atomic E-state index is 13.7. The SMILES string of the molecule is CCOc1cc(C2C3=C(CC(C)(C)CC3=O)NC3=C2C(=O)CC(C)(C)C3)cc(I)c1Oc1ccc(C(F)(F)F)cc1[N+](=O)[O-]. The Morgan fingerprint density at radius 1 is 0.955 bits per heavy atom. The summed E-state index contributed by atoms with van der Waals surface area (Å²) in [7, 11) is 0. The molecule has 1 aliphatic heterocycles. The van der Waals surface area contributed by atoms with Crippen LogP contribution in [-0.4, -0.2) is 23.1 Å². The van der Waals surface area contributed by atoms with E-state index in [4.69, 9.17) is 9.47 Å². The molecule has 0 bridgehead atoms. The van der Waals surface area contributed by atoms with Crippen molar-refractivity contribution in [1.29, 1.82) is 0 Å². The molecule has 2 aromatic carbocycles. The van der Waals surface area contributed by atoms with Gasteiger partial charge in [0.2, 0.25) is 5.75 Å². The van der Waals surface area contributed by atoms with Crippen molar-refractivity contribution in [3.8, 4) is 17.2 Å². The molecule has 0 unspecified atom stereocenters. The monoisotopic (exact) mass is 724 g/mol. The van der Waals surface area contributed by atoms with Gasteiger partial charge in [-0.25, -0.2) is 0 Å². The van der Waals surface area contributed by atoms with E-state index < -0.39 is 28.3 Å². The van der Waals surface area contributed by atoms with Crippen molar-refractivity contribution in [2.75, 3.05) is 6.61 Å². The maximum Gasteiger partial charge on any atom is 0.416 e. The number of Topliss-reactive ketones (excluding diaryl/α,β-unsaturated/α-hetero) is 2. The number of nitrogens with one attached hydrogen (secondary N) is 1. The highest BCUT2D eigenvalue weighted by molar-refractivity contribution is 14.1. The van der Waals surface area contributed by atoms with Crippen LogP contribution in [0.4, 0.5) is 18.9 Å². The van der Waals surface area contributed by atoms with Crippen LogP contribution < -0.4 is 14.8 Å². The van der Waals surface area contributed by atoms with E-state index in [2.05, 4.69) is 5.32 Å². The number of dihydropyridines is 1. The topological polar surface area (TPSA) is 108 Å². The highest BCUT2D eigenvalue weighted by Crippen LogP contribution is 2.52. The first-order valence-electron chi connectivity index (χ1n) is 14.2. The molecule has 8 nitrogen and oxygen atoms in total. The van der Waals surface area contributed by atoms with Crippen LogP contribution in [0.15, 0.2) is 52.9 Å². The molecule has 2 aliphatic carbocycles. The molecule has 0 radical (unpaired) electrons. The molecule has 12 heteroatoms. The largest absolute Gasteiger partial charge is 0.490 e. The van der Waals surface area contributed by atoms with E-state index in [1.807, 2.05) is 50.3 Å². The number of rotatable bonds is 6. The first-order chi connectivity index (χ1) is 20.4. The highest BCUT2D eigenvalue weighted by atomic mass is 127. The molecule has 3 aliphatic rings. The van der Waals surface area contributed by atoms with E-state index in [9.17, 15) is 32.9 Å². The standard InChI is InChI=1S/C32H32F3IN2O6/c1-6-43-25-10-16(9-18(36)29(25)44-24-8-7-17(32(33,34)35)11-21(24)38(41)42)26-27-19(12-30(2,3)14-22(27)39)37-20-13-31(4,5)15-23(40)28(20)26/h7-11,26,37H,6,12-15H2,1-5H3. The van der Waals surface area contributed by atoms with Gasteiger partial charge in [0, 0.05) is 47.4 Å². The summed E-state index contributed by atoms with van der Waals surface area (Å²) in [5.41, 5.74) is 0.750. The van der Waals surface area contributed by atoms with Crippen molar-refractivity contribution in [3.63, 3.8) is 0 Å². The summed E-state index contributed by atoms with van der Waals surface area (Å²) < 4.78 is 52.0. The number of benzene rings is 2. The van der Waals surface area contributed by atoms with Crippen LogP contribution in [0.3, 0.4) is 0 Å². The Balaban J connectivity index is 1.66. The fraction of sp³-hybridized carbons (Fsp3) is 0.438. The molecule has 5 rings (SSSR count). The first-order valence-corrected chi connectivity index (χ1v) is 15.3. The minimum atomic E-state index is -4.77. The lowest BCUT2D eigenvalue weighted by Gasteiger charge is -2.44. The van der Waals surface area contributed by atoms with Crippen molar-refractivity contribution in [1.82, 2.24) is 5.32 Å². The summed E-state index contributed by atoms with van der Waals surface area (Å²) in [6.45, 7) is 10.1. The van der Waals surface area contributed by atoms with Gasteiger partial charge < -0.3 is 14.8 Å². The van der Waals surface area contributed by atoms with Gasteiger partial charge in [0.25, 0.3) is 0 Å². The fourth-order valence-corrected chi connectivity index (χ4v) is 7.11. The second kappa shape index (κ2) is 11.2. The second-order valence-electron chi connectivity index (χ2n) is 13.0. The van der Waals surface area contributed by atoms with Crippen LogP contribution in [0.2, 0.25) is 0 Å². The molecule has 44 heavy (non-hydrogen) atoms. The Morgan fingerprint density at radius 2 is 1.52 bits per heavy atom. The van der Waals surface area contributed by atoms with Crippen molar-refractivity contribution >= 4 is 39.8 Å². The molecule has 1 N–H and O–H groups in total. The molecule has 0 aromatic heterocycles. The molecule has 2 aromatic rings. The zero-order valence-corrected chi connectivity index (χ0v) is 27.1. The number of nitrogens with zero attached hydrogens (tertiary/aromatic N) is 1. The van der Waals surface area contributed by atoms with Crippen molar-refractivity contribution < 1.29 is 37.2 Å². The Morgan fingerprint density at radius 3 is 2.02 bits per heavy atom. The third kappa shape index (κ3) is 6.09. The predicted molar refractivity (Wildman–Crippen MR) is 164 cm³/mol. The molecule has 0 spiro atoms. The number of carbonyl (C=O) groups is 2. The minimum Gasteiger partial charge on any atom is -0.490 e. The number of allylic oxidation sites excluding steroid dienone is 4. The van der Waals surface area contributed by atoms with Crippen molar-refractivity contribution in [2.45, 2.75) is 72.4 Å². The number of nitro groups is 1. The van der Waals surface area contributed by atoms with E-state index >= 15 is 0 Å². The van der Waals surface area contributed by atoms with E-state index in [0.717, 1.165) is 17.5 Å². The van der Waals surface area contributed by atoms with Crippen LogP contribution in [-0.2, 0) is 15.8 Å². The van der Waals surface area contributed by atoms with Gasteiger partial charge in [-0.15, -0.1) is 0 Å². The summed E-state index contributed by atoms with van der Waals surface area (Å²) in [4.78, 5) is 38.2. The summed E-state index contributed by atoms with van der Waals surface area (Å²) in [6, 6.07) is 5.45. The molecule has 0 saturated carbocycles. The third-order valence-corrected chi connectivity index (χ3v) is 8.88. The first kappa shape index (κ1) is 32.0. The molecular weight excluding hydrogens is 692 g/mol. The van der Waals surface area contributed by atoms with E-state index in [0.29, 0.717) is 58.1 Å². The smallest absolute Gasteiger partial charge is 0.416 e. The summed E-state index contributed by atoms with van der Waals surface area (Å²) >= 11 is 1.97. The lowest BCUT2D eigenvalue weighted by molar-refractivity contribution is -0.385. The van der Waals surface area contributed by atoms with Gasteiger partial charge in [-0.2, -0.15) is 13.2 Å². The minimum absolute atomic E-state index is 0.0494. The number of alkyl halides is 3. The van der Waals surface area contributed by atoms with Crippen LogP contribution in [0.5, 0.6) is 17.2 Å². The number of nitro benzene ring substituents is 1. The molecule has 1 heterocycles. The van der Waals surface area contributed by atoms with E-state index in [-0.39, 0.29) is 46.3 Å². The van der Waals surface area contributed by atoms with E-state index in [1.165, 1.54) is 0 Å². The van der Waals surface area contributed by atoms with E-state index in [1.54, 1.807) is 19.1 Å². The predicted octanol–water partition coefficient (Wildman–Crippen LogP) is 8.38. The molecule has 234 valence electrons. The van der Waals surface area contributed by atoms with Gasteiger partial charge in [-0.1, -0.05) is 27.7 Å². The van der Waals surface area contributed by atoms with Gasteiger partial charge in [0.15, 0.2) is 23.1 Å². The number of ketones is 2. The molecule has 0 atom stereocenters. The Hall–Kier alpha value is -3.42. The number of hydrogen-bond donors (Lipinski definition) is 1. The lowest BCUT2D eigenvalue weighted by atomic mass is 9.64. The average Bonchev–Trinajstić information content (AvgIpc) is 2.87. The number of carbonyl (C=O) groups excluding carboxylic acids is 2. The van der Waals surface area contributed by atoms with Gasteiger partial charge in [0.1, 0.15) is 0 Å². The van der Waals surface area contributed by atoms with Crippen LogP contribution >= 0.6 is 22.6 Å². The fourth-order valence-electron chi connectivity index (χ4n) is 6.37. The normalized spacial score (nSPS) is 19.8. The van der Waals surface area contributed by atoms with Gasteiger partial charge in [0.05, 0.1) is 20.7 Å². The number of halogens is 4. The van der Waals surface area contributed by atoms with Crippen LogP contribution in [0, 0.1) is 24.5 Å². The average molecular weight is 725 g/mol. The number of ether oxygens (including phenoxy) is 2. The Kier molecular flexibility index (Phi) is 8.13. The molecule has 0 saturated heterocycles. The summed E-state index contributed by atoms with van der Waals surface area (Å²) in [6.07, 6.45) is -2.88. The Bertz CT molecular complexity index is 1610. The van der Waals surface area contributed by atoms with Crippen molar-refractivity contribution in [3.05, 3.63) is 77.7 Å². The molecular formula is C32H32F3IN2O6. The molecule has 0 amide bonds. The number of hydrogen-bond acceptors (Lipinski definition) is 7. The lowest BCUT2D eigenvalue weighted by Crippen LogP contribution is -2.42. The van der Waals surface area contributed by atoms with Crippen LogP contribution in [0.1, 0.15) is 77.3 Å². The third-order valence-electron chi connectivity index (χ3n) is 8.08. The van der Waals surface area contributed by atoms with Gasteiger partial charge >= 0.3 is 11.9 Å². The summed E-state index contributed by atoms with van der Waals surface area (Å²) in [5.74, 6) is -0.892. The molecule has 0 fully saturated rings. The Labute approximate surface area is 266 Å². The highest BCUT2D eigenvalue weighted by Gasteiger charge is 2.46. The second-order valence-corrected chi connectivity index (χ2v) is 14.2. The maximum atomic E-state index is 13.7. The summed E-state index contributed by atoms with van der Waals surface area (Å²) in [5, 5.41) is 15.2. The van der Waals surface area contributed by atoms with Crippen LogP contribution in [0.25, 0.3) is 0 Å². The zero-order chi connectivity index (χ0) is 32.4. The van der Waals surface area contributed by atoms with Gasteiger partial charge in [-0.05, 0) is 83.0 Å². The zero-order valence-electron chi connectivity index (χ0n) is 24.9. The van der Waals surface area contributed by atoms with Gasteiger partial charge in [-0.3, -0.25) is 19.7 Å². The van der Waals surface area contributed by atoms with Crippen molar-refractivity contribution in [2.24, 2.45) is 10.8 Å². The quantitative estimate of drug-likeness (QED) is 0.181.